The second kappa shape index (κ2) is 5.04. The number of Topliss-reactive ketones (excluding diaryl/α,β-unsaturated/α-hetero) is 1. The largest absolute Gasteiger partial charge is 0.469 e. The van der Waals surface area contributed by atoms with E-state index in [4.69, 9.17) is 0 Å². The third kappa shape index (κ3) is 2.27. The van der Waals surface area contributed by atoms with Gasteiger partial charge in [0.15, 0.2) is 5.78 Å². The number of carbonyl (C=O) groups is 2. The van der Waals surface area contributed by atoms with Gasteiger partial charge in [-0.3, -0.25) is 9.59 Å². The number of ether oxygens (including phenoxy) is 1. The molecule has 0 bridgehead atoms. The Labute approximate surface area is 105 Å². The monoisotopic (exact) mass is 245 g/mol. The highest BCUT2D eigenvalue weighted by atomic mass is 16.5. The zero-order valence-electron chi connectivity index (χ0n) is 10.5. The molecule has 0 saturated carbocycles. The van der Waals surface area contributed by atoms with Crippen LogP contribution in [0.1, 0.15) is 23.3 Å². The number of fused-ring (bicyclic) bond motifs is 1. The number of aryl methyl sites for hydroxylation is 1. The summed E-state index contributed by atoms with van der Waals surface area (Å²) in [6, 6.07) is 9.66. The first-order valence-electron chi connectivity index (χ1n) is 5.78. The number of benzene rings is 1. The highest BCUT2D eigenvalue weighted by molar-refractivity contribution is 6.01. The summed E-state index contributed by atoms with van der Waals surface area (Å²) in [5.74, 6) is -0.402. The minimum absolute atomic E-state index is 0.0425. The molecule has 0 aliphatic heterocycles. The molecule has 0 amide bonds. The molecular formula is C14H15NO3. The van der Waals surface area contributed by atoms with Gasteiger partial charge in [-0.05, 0) is 12.1 Å². The van der Waals surface area contributed by atoms with Gasteiger partial charge in [-0.25, -0.2) is 0 Å². The molecule has 1 aromatic carbocycles. The fraction of sp³-hybridized carbons (Fsp3) is 0.286. The number of aromatic nitrogens is 1. The summed E-state index contributed by atoms with van der Waals surface area (Å²) in [6.07, 6.45) is 0.299. The van der Waals surface area contributed by atoms with Crippen molar-refractivity contribution in [3.05, 3.63) is 36.0 Å². The average Bonchev–Trinajstić information content (AvgIpc) is 2.73. The van der Waals surface area contributed by atoms with Gasteiger partial charge >= 0.3 is 5.97 Å². The predicted molar refractivity (Wildman–Crippen MR) is 68.5 cm³/mol. The lowest BCUT2D eigenvalue weighted by atomic mass is 10.1. The van der Waals surface area contributed by atoms with E-state index in [0.29, 0.717) is 5.69 Å². The molecule has 0 radical (unpaired) electrons. The summed E-state index contributed by atoms with van der Waals surface area (Å²) in [6.45, 7) is 0. The van der Waals surface area contributed by atoms with Crippen molar-refractivity contribution in [2.75, 3.05) is 7.11 Å². The molecule has 1 aromatic heterocycles. The van der Waals surface area contributed by atoms with Gasteiger partial charge in [0, 0.05) is 24.4 Å². The average molecular weight is 245 g/mol. The van der Waals surface area contributed by atoms with E-state index in [-0.39, 0.29) is 24.6 Å². The Balaban J connectivity index is 2.23. The molecule has 2 aromatic rings. The molecule has 0 N–H and O–H groups in total. The molecule has 0 spiro atoms. The molecule has 2 rings (SSSR count). The second-order valence-corrected chi connectivity index (χ2v) is 4.15. The van der Waals surface area contributed by atoms with Gasteiger partial charge in [0.2, 0.25) is 0 Å². The molecular weight excluding hydrogens is 230 g/mol. The number of nitrogens with zero attached hydrogens (tertiary/aromatic N) is 1. The maximum Gasteiger partial charge on any atom is 0.305 e. The minimum Gasteiger partial charge on any atom is -0.469 e. The number of methoxy groups -OCH3 is 1. The Hall–Kier alpha value is -2.10. The lowest BCUT2D eigenvalue weighted by molar-refractivity contribution is -0.140. The van der Waals surface area contributed by atoms with Crippen molar-refractivity contribution in [3.8, 4) is 0 Å². The van der Waals surface area contributed by atoms with Crippen molar-refractivity contribution in [2.45, 2.75) is 12.8 Å². The number of hydrogen-bond acceptors (Lipinski definition) is 3. The van der Waals surface area contributed by atoms with Gasteiger partial charge in [0.1, 0.15) is 0 Å². The summed E-state index contributed by atoms with van der Waals surface area (Å²) in [7, 11) is 3.18. The van der Waals surface area contributed by atoms with E-state index in [9.17, 15) is 9.59 Å². The first-order chi connectivity index (χ1) is 8.63. The molecule has 4 heteroatoms. The van der Waals surface area contributed by atoms with E-state index in [2.05, 4.69) is 4.74 Å². The molecule has 94 valence electrons. The minimum atomic E-state index is -0.359. The Morgan fingerprint density at radius 3 is 2.61 bits per heavy atom. The number of carbonyl (C=O) groups excluding carboxylic acids is 2. The molecule has 0 aliphatic carbocycles. The van der Waals surface area contributed by atoms with Crippen molar-refractivity contribution in [2.24, 2.45) is 7.05 Å². The van der Waals surface area contributed by atoms with Crippen LogP contribution in [0.15, 0.2) is 30.3 Å². The summed E-state index contributed by atoms with van der Waals surface area (Å²) < 4.78 is 6.38. The van der Waals surface area contributed by atoms with Crippen LogP contribution in [0.5, 0.6) is 0 Å². The van der Waals surface area contributed by atoms with Crippen LogP contribution in [-0.4, -0.2) is 23.4 Å². The summed E-state index contributed by atoms with van der Waals surface area (Å²) >= 11 is 0. The zero-order valence-corrected chi connectivity index (χ0v) is 10.5. The number of rotatable bonds is 4. The van der Waals surface area contributed by atoms with Crippen LogP contribution in [0.25, 0.3) is 10.9 Å². The standard InChI is InChI=1S/C14H15NO3/c1-15-11-6-4-3-5-10(11)9-12(15)13(16)7-8-14(17)18-2/h3-6,9H,7-8H2,1-2H3. The molecule has 18 heavy (non-hydrogen) atoms. The predicted octanol–water partition coefficient (Wildman–Crippen LogP) is 2.31. The molecule has 0 atom stereocenters. The van der Waals surface area contributed by atoms with Crippen LogP contribution in [0.2, 0.25) is 0 Å². The SMILES string of the molecule is COC(=O)CCC(=O)c1cc2ccccc2n1C. The fourth-order valence-corrected chi connectivity index (χ4v) is 2.00. The Bertz CT molecular complexity index is 598. The molecule has 4 nitrogen and oxygen atoms in total. The van der Waals surface area contributed by atoms with E-state index in [1.165, 1.54) is 7.11 Å². The first kappa shape index (κ1) is 12.4. The van der Waals surface area contributed by atoms with E-state index in [0.717, 1.165) is 10.9 Å². The van der Waals surface area contributed by atoms with Crippen LogP contribution < -0.4 is 0 Å². The lowest BCUT2D eigenvalue weighted by Gasteiger charge is -2.03. The Morgan fingerprint density at radius 2 is 1.94 bits per heavy atom. The number of hydrogen-bond donors (Lipinski definition) is 0. The maximum absolute atomic E-state index is 12.0. The molecule has 0 saturated heterocycles. The van der Waals surface area contributed by atoms with Gasteiger partial charge in [0.25, 0.3) is 0 Å². The van der Waals surface area contributed by atoms with E-state index in [1.807, 2.05) is 41.9 Å². The highest BCUT2D eigenvalue weighted by Gasteiger charge is 2.14. The van der Waals surface area contributed by atoms with Gasteiger partial charge in [-0.15, -0.1) is 0 Å². The quantitative estimate of drug-likeness (QED) is 0.613. The summed E-state index contributed by atoms with van der Waals surface area (Å²) in [5.41, 5.74) is 1.64. The molecule has 0 unspecified atom stereocenters. The normalized spacial score (nSPS) is 10.6. The van der Waals surface area contributed by atoms with E-state index < -0.39 is 0 Å². The fourth-order valence-electron chi connectivity index (χ4n) is 2.00. The number of esters is 1. The number of para-hydroxylation sites is 1. The topological polar surface area (TPSA) is 48.3 Å². The van der Waals surface area contributed by atoms with Crippen molar-refractivity contribution in [1.82, 2.24) is 4.57 Å². The summed E-state index contributed by atoms with van der Waals surface area (Å²) in [5, 5.41) is 1.03. The smallest absolute Gasteiger partial charge is 0.305 e. The Morgan fingerprint density at radius 1 is 1.22 bits per heavy atom. The van der Waals surface area contributed by atoms with Crippen molar-refractivity contribution >= 4 is 22.7 Å². The van der Waals surface area contributed by atoms with Crippen LogP contribution in [0.4, 0.5) is 0 Å². The van der Waals surface area contributed by atoms with Crippen molar-refractivity contribution in [3.63, 3.8) is 0 Å². The first-order valence-corrected chi connectivity index (χ1v) is 5.78. The van der Waals surface area contributed by atoms with E-state index >= 15 is 0 Å². The lowest BCUT2D eigenvalue weighted by Crippen LogP contribution is -2.09. The maximum atomic E-state index is 12.0. The van der Waals surface area contributed by atoms with E-state index in [1.54, 1.807) is 0 Å². The van der Waals surface area contributed by atoms with Crippen LogP contribution in [0.3, 0.4) is 0 Å². The number of ketones is 1. The highest BCUT2D eigenvalue weighted by Crippen LogP contribution is 2.19. The van der Waals surface area contributed by atoms with Gasteiger partial charge < -0.3 is 9.30 Å². The molecule has 0 fully saturated rings. The van der Waals surface area contributed by atoms with Crippen LogP contribution >= 0.6 is 0 Å². The van der Waals surface area contributed by atoms with Crippen molar-refractivity contribution < 1.29 is 14.3 Å². The molecule has 0 aliphatic rings. The van der Waals surface area contributed by atoms with Gasteiger partial charge in [-0.1, -0.05) is 18.2 Å². The van der Waals surface area contributed by atoms with Crippen molar-refractivity contribution in [1.29, 1.82) is 0 Å². The molecule has 1 heterocycles. The zero-order chi connectivity index (χ0) is 13.1. The van der Waals surface area contributed by atoms with Gasteiger partial charge in [0.05, 0.1) is 19.2 Å². The Kier molecular flexibility index (Phi) is 3.46. The van der Waals surface area contributed by atoms with Crippen LogP contribution in [0, 0.1) is 0 Å². The third-order valence-corrected chi connectivity index (χ3v) is 3.02. The second-order valence-electron chi connectivity index (χ2n) is 4.15. The third-order valence-electron chi connectivity index (χ3n) is 3.02. The summed E-state index contributed by atoms with van der Waals surface area (Å²) in [4.78, 5) is 23.1. The van der Waals surface area contributed by atoms with Crippen LogP contribution in [-0.2, 0) is 16.6 Å². The van der Waals surface area contributed by atoms with Gasteiger partial charge in [-0.2, -0.15) is 0 Å².